The quantitative estimate of drug-likeness (QED) is 0.486. The van der Waals surface area contributed by atoms with Gasteiger partial charge in [-0.15, -0.1) is 0 Å². The van der Waals surface area contributed by atoms with E-state index in [0.717, 1.165) is 24.8 Å². The molecule has 2 aromatic rings. The Morgan fingerprint density at radius 2 is 1.71 bits per heavy atom. The van der Waals surface area contributed by atoms with Gasteiger partial charge in [-0.3, -0.25) is 9.59 Å². The maximum Gasteiger partial charge on any atom is 0.220 e. The van der Waals surface area contributed by atoms with E-state index >= 15 is 0 Å². The molecule has 1 N–H and O–H groups in total. The summed E-state index contributed by atoms with van der Waals surface area (Å²) in [5.41, 5.74) is 1.00. The van der Waals surface area contributed by atoms with E-state index in [1.54, 1.807) is 6.07 Å². The molecule has 0 heterocycles. The number of Topliss-reactive ketones (excluding diaryl/α,β-unsaturated/α-hetero) is 1. The van der Waals surface area contributed by atoms with E-state index in [1.807, 2.05) is 42.5 Å². The Balaban J connectivity index is 1.35. The van der Waals surface area contributed by atoms with Gasteiger partial charge in [0, 0.05) is 12.3 Å². The zero-order valence-electron chi connectivity index (χ0n) is 17.8. The SMILES string of the molecule is O=C(CCC1CCCC1)NC(Cc1ccc(Oc2ccccc2Cl)cc1)C(=O)C1CC1. The maximum atomic E-state index is 12.8. The van der Waals surface area contributed by atoms with Crippen molar-refractivity contribution in [2.24, 2.45) is 11.8 Å². The van der Waals surface area contributed by atoms with Crippen molar-refractivity contribution >= 4 is 23.3 Å². The highest BCUT2D eigenvalue weighted by Gasteiger charge is 2.35. The molecule has 0 aliphatic heterocycles. The molecule has 0 saturated heterocycles. The molecule has 0 radical (unpaired) electrons. The van der Waals surface area contributed by atoms with Crippen LogP contribution in [0.15, 0.2) is 48.5 Å². The fourth-order valence-corrected chi connectivity index (χ4v) is 4.53. The molecule has 5 heteroatoms. The summed E-state index contributed by atoms with van der Waals surface area (Å²) in [5.74, 6) is 2.25. The molecule has 0 spiro atoms. The van der Waals surface area contributed by atoms with E-state index in [-0.39, 0.29) is 17.6 Å². The molecule has 1 unspecified atom stereocenters. The third-order valence-electron chi connectivity index (χ3n) is 6.34. The van der Waals surface area contributed by atoms with Crippen LogP contribution in [-0.4, -0.2) is 17.7 Å². The largest absolute Gasteiger partial charge is 0.456 e. The normalized spacial score (nSPS) is 17.3. The van der Waals surface area contributed by atoms with Gasteiger partial charge in [-0.25, -0.2) is 0 Å². The number of para-hydroxylation sites is 1. The number of hydrogen-bond acceptors (Lipinski definition) is 3. The summed E-state index contributed by atoms with van der Waals surface area (Å²) in [6.45, 7) is 0. The number of rotatable bonds is 10. The second-order valence-electron chi connectivity index (χ2n) is 8.87. The predicted octanol–water partition coefficient (Wildman–Crippen LogP) is 6.11. The second kappa shape index (κ2) is 10.3. The maximum absolute atomic E-state index is 12.8. The molecule has 0 aromatic heterocycles. The molecule has 1 amide bonds. The van der Waals surface area contributed by atoms with Crippen LogP contribution < -0.4 is 10.1 Å². The molecule has 4 rings (SSSR count). The van der Waals surface area contributed by atoms with Gasteiger partial charge in [-0.1, -0.05) is 61.5 Å². The number of ketones is 1. The summed E-state index contributed by atoms with van der Waals surface area (Å²) in [5, 5.41) is 3.59. The molecular formula is C26H30ClNO3. The molecule has 4 nitrogen and oxygen atoms in total. The lowest BCUT2D eigenvalue weighted by Gasteiger charge is -2.19. The van der Waals surface area contributed by atoms with Gasteiger partial charge in [-0.2, -0.15) is 0 Å². The molecule has 2 fully saturated rings. The Hall–Kier alpha value is -2.33. The van der Waals surface area contributed by atoms with Crippen LogP contribution >= 0.6 is 11.6 Å². The Morgan fingerprint density at radius 3 is 2.39 bits per heavy atom. The van der Waals surface area contributed by atoms with Crippen molar-refractivity contribution in [3.8, 4) is 11.5 Å². The first kappa shape index (κ1) is 21.9. The third-order valence-corrected chi connectivity index (χ3v) is 6.65. The molecule has 0 bridgehead atoms. The summed E-state index contributed by atoms with van der Waals surface area (Å²) in [7, 11) is 0. The molecule has 31 heavy (non-hydrogen) atoms. The molecule has 2 aromatic carbocycles. The Bertz CT molecular complexity index is 901. The fraction of sp³-hybridized carbons (Fsp3) is 0.462. The smallest absolute Gasteiger partial charge is 0.220 e. The van der Waals surface area contributed by atoms with Crippen LogP contribution in [0.1, 0.15) is 56.9 Å². The Kier molecular flexibility index (Phi) is 7.29. The van der Waals surface area contributed by atoms with Gasteiger partial charge in [-0.05, 0) is 61.4 Å². The van der Waals surface area contributed by atoms with E-state index in [1.165, 1.54) is 25.7 Å². The van der Waals surface area contributed by atoms with Gasteiger partial charge in [0.2, 0.25) is 5.91 Å². The minimum absolute atomic E-state index is 0.00423. The summed E-state index contributed by atoms with van der Waals surface area (Å²) in [4.78, 5) is 25.3. The van der Waals surface area contributed by atoms with Crippen molar-refractivity contribution < 1.29 is 14.3 Å². The number of carbonyl (C=O) groups is 2. The third kappa shape index (κ3) is 6.33. The van der Waals surface area contributed by atoms with E-state index in [0.29, 0.717) is 35.3 Å². The minimum atomic E-state index is -0.445. The van der Waals surface area contributed by atoms with Gasteiger partial charge in [0.05, 0.1) is 11.1 Å². The number of hydrogen-bond donors (Lipinski definition) is 1. The first-order valence-corrected chi connectivity index (χ1v) is 11.8. The summed E-state index contributed by atoms with van der Waals surface area (Å²) < 4.78 is 5.84. The van der Waals surface area contributed by atoms with Gasteiger partial charge >= 0.3 is 0 Å². The number of ether oxygens (including phenoxy) is 1. The molecule has 1 atom stereocenters. The topological polar surface area (TPSA) is 55.4 Å². The van der Waals surface area contributed by atoms with Crippen LogP contribution in [-0.2, 0) is 16.0 Å². The fourth-order valence-electron chi connectivity index (χ4n) is 4.36. The lowest BCUT2D eigenvalue weighted by molar-refractivity contribution is -0.128. The lowest BCUT2D eigenvalue weighted by atomic mass is 9.98. The Morgan fingerprint density at radius 1 is 1.00 bits per heavy atom. The number of nitrogens with one attached hydrogen (secondary N) is 1. The van der Waals surface area contributed by atoms with Gasteiger partial charge in [0.25, 0.3) is 0 Å². The van der Waals surface area contributed by atoms with Crippen LogP contribution in [0.5, 0.6) is 11.5 Å². The van der Waals surface area contributed by atoms with Crippen LogP contribution in [0.25, 0.3) is 0 Å². The van der Waals surface area contributed by atoms with E-state index in [9.17, 15) is 9.59 Å². The zero-order valence-corrected chi connectivity index (χ0v) is 18.6. The van der Waals surface area contributed by atoms with Crippen molar-refractivity contribution in [2.75, 3.05) is 0 Å². The lowest BCUT2D eigenvalue weighted by Crippen LogP contribution is -2.43. The highest BCUT2D eigenvalue weighted by atomic mass is 35.5. The summed E-state index contributed by atoms with van der Waals surface area (Å²) in [6.07, 6.45) is 8.89. The van der Waals surface area contributed by atoms with E-state index in [2.05, 4.69) is 5.32 Å². The van der Waals surface area contributed by atoms with Crippen molar-refractivity contribution in [1.29, 1.82) is 0 Å². The first-order valence-electron chi connectivity index (χ1n) is 11.4. The minimum Gasteiger partial charge on any atom is -0.456 e. The van der Waals surface area contributed by atoms with Crippen LogP contribution in [0.3, 0.4) is 0 Å². The van der Waals surface area contributed by atoms with Gasteiger partial charge in [0.1, 0.15) is 11.5 Å². The van der Waals surface area contributed by atoms with Crippen LogP contribution in [0.2, 0.25) is 5.02 Å². The number of amides is 1. The van der Waals surface area contributed by atoms with Gasteiger partial charge in [0.15, 0.2) is 5.78 Å². The zero-order chi connectivity index (χ0) is 21.6. The number of benzene rings is 2. The molecule has 2 saturated carbocycles. The number of halogens is 1. The highest BCUT2D eigenvalue weighted by molar-refractivity contribution is 6.32. The first-order chi connectivity index (χ1) is 15.1. The van der Waals surface area contributed by atoms with Gasteiger partial charge < -0.3 is 10.1 Å². The molecule has 2 aliphatic rings. The average Bonchev–Trinajstić information content (AvgIpc) is 3.49. The van der Waals surface area contributed by atoms with Crippen molar-refractivity contribution in [3.05, 3.63) is 59.1 Å². The second-order valence-corrected chi connectivity index (χ2v) is 9.27. The Labute approximate surface area is 189 Å². The van der Waals surface area contributed by atoms with Crippen LogP contribution in [0.4, 0.5) is 0 Å². The predicted molar refractivity (Wildman–Crippen MR) is 123 cm³/mol. The molecular weight excluding hydrogens is 410 g/mol. The van der Waals surface area contributed by atoms with Crippen molar-refractivity contribution in [1.82, 2.24) is 5.32 Å². The summed E-state index contributed by atoms with van der Waals surface area (Å²) >= 11 is 6.16. The van der Waals surface area contributed by atoms with E-state index < -0.39 is 6.04 Å². The van der Waals surface area contributed by atoms with Crippen molar-refractivity contribution in [3.63, 3.8) is 0 Å². The average molecular weight is 440 g/mol. The van der Waals surface area contributed by atoms with E-state index in [4.69, 9.17) is 16.3 Å². The van der Waals surface area contributed by atoms with Crippen molar-refractivity contribution in [2.45, 2.75) is 63.8 Å². The monoisotopic (exact) mass is 439 g/mol. The molecule has 2 aliphatic carbocycles. The molecule has 164 valence electrons. The highest BCUT2D eigenvalue weighted by Crippen LogP contribution is 2.33. The van der Waals surface area contributed by atoms with Crippen LogP contribution in [0, 0.1) is 11.8 Å². The number of carbonyl (C=O) groups excluding carboxylic acids is 2. The standard InChI is InChI=1S/C26H30ClNO3/c27-22-7-3-4-8-24(22)31-21-14-9-19(10-15-21)17-23(26(30)20-12-13-20)28-25(29)16-11-18-5-1-2-6-18/h3-4,7-10,14-15,18,20,23H,1-2,5-6,11-13,16-17H2,(H,28,29). The summed E-state index contributed by atoms with van der Waals surface area (Å²) in [6, 6.07) is 14.5.